The molecule has 0 N–H and O–H groups in total. The van der Waals surface area contributed by atoms with E-state index in [-0.39, 0.29) is 0 Å². The molecule has 0 unspecified atom stereocenters. The fourth-order valence-corrected chi connectivity index (χ4v) is 6.17. The zero-order chi connectivity index (χ0) is 17.5. The molecule has 140 valence electrons. The lowest BCUT2D eigenvalue weighted by Gasteiger charge is -2.35. The minimum absolute atomic E-state index is 0.481. The fourth-order valence-electron chi connectivity index (χ4n) is 6.17. The Hall–Kier alpha value is -1.15. The first-order chi connectivity index (χ1) is 12.8. The highest BCUT2D eigenvalue weighted by Crippen LogP contribution is 2.46. The Bertz CT molecular complexity index is 724. The van der Waals surface area contributed by atoms with E-state index in [1.165, 1.54) is 101 Å². The average molecular weight is 352 g/mol. The maximum Gasteiger partial charge on any atom is 0.0571 e. The van der Waals surface area contributed by atoms with Gasteiger partial charge < -0.3 is 4.74 Å². The number of nitrogens with zero attached hydrogens (tertiary/aromatic N) is 1. The van der Waals surface area contributed by atoms with Crippen LogP contribution in [0.2, 0.25) is 0 Å². The highest BCUT2D eigenvalue weighted by Gasteiger charge is 2.32. The minimum atomic E-state index is 0.481. The number of aromatic nitrogens is 1. The number of methoxy groups -OCH3 is 1. The van der Waals surface area contributed by atoms with Crippen LogP contribution in [0.25, 0.3) is 5.57 Å². The first-order valence-electron chi connectivity index (χ1n) is 11.1. The van der Waals surface area contributed by atoms with Crippen LogP contribution in [0.1, 0.15) is 105 Å². The molecule has 1 heterocycles. The highest BCUT2D eigenvalue weighted by molar-refractivity contribution is 5.76. The molecule has 0 atom stereocenters. The van der Waals surface area contributed by atoms with Crippen LogP contribution >= 0.6 is 0 Å². The number of fused-ring (bicyclic) bond motifs is 4. The topological polar surface area (TPSA) is 22.1 Å². The Labute approximate surface area is 158 Å². The average Bonchev–Trinajstić information content (AvgIpc) is 2.73. The van der Waals surface area contributed by atoms with Gasteiger partial charge in [-0.05, 0) is 107 Å². The molecule has 0 aromatic carbocycles. The van der Waals surface area contributed by atoms with Crippen LogP contribution in [-0.4, -0.2) is 18.2 Å². The largest absolute Gasteiger partial charge is 0.381 e. The van der Waals surface area contributed by atoms with Crippen molar-refractivity contribution in [2.75, 3.05) is 7.11 Å². The summed E-state index contributed by atoms with van der Waals surface area (Å²) < 4.78 is 5.61. The van der Waals surface area contributed by atoms with Gasteiger partial charge in [-0.2, -0.15) is 0 Å². The van der Waals surface area contributed by atoms with Crippen LogP contribution in [0.4, 0.5) is 0 Å². The van der Waals surface area contributed by atoms with Gasteiger partial charge in [-0.15, -0.1) is 0 Å². The predicted molar refractivity (Wildman–Crippen MR) is 107 cm³/mol. The number of allylic oxidation sites excluding steroid dienone is 2. The third-order valence-corrected chi connectivity index (χ3v) is 7.56. The summed E-state index contributed by atoms with van der Waals surface area (Å²) in [5.74, 6) is 0.681. The summed E-state index contributed by atoms with van der Waals surface area (Å²) in [4.78, 5) is 5.42. The molecule has 0 aliphatic heterocycles. The smallest absolute Gasteiger partial charge is 0.0571 e. The summed E-state index contributed by atoms with van der Waals surface area (Å²) in [5.41, 5.74) is 11.6. The molecule has 26 heavy (non-hydrogen) atoms. The maximum atomic E-state index is 5.61. The van der Waals surface area contributed by atoms with E-state index in [0.29, 0.717) is 12.0 Å². The van der Waals surface area contributed by atoms with Gasteiger partial charge in [0.1, 0.15) is 0 Å². The number of hydrogen-bond acceptors (Lipinski definition) is 2. The molecule has 0 spiro atoms. The summed E-state index contributed by atoms with van der Waals surface area (Å²) in [6.45, 7) is 0. The first-order valence-corrected chi connectivity index (χ1v) is 11.1. The number of hydrogen-bond donors (Lipinski definition) is 0. The second-order valence-corrected chi connectivity index (χ2v) is 8.98. The third-order valence-electron chi connectivity index (χ3n) is 7.56. The Morgan fingerprint density at radius 3 is 2.31 bits per heavy atom. The zero-order valence-corrected chi connectivity index (χ0v) is 16.4. The molecule has 0 radical (unpaired) electrons. The molecular weight excluding hydrogens is 318 g/mol. The molecule has 4 aliphatic carbocycles. The highest BCUT2D eigenvalue weighted by atomic mass is 16.5. The number of pyridine rings is 1. The van der Waals surface area contributed by atoms with E-state index < -0.39 is 0 Å². The van der Waals surface area contributed by atoms with Crippen LogP contribution in [0, 0.1) is 0 Å². The summed E-state index contributed by atoms with van der Waals surface area (Å²) in [6, 6.07) is 0. The van der Waals surface area contributed by atoms with Gasteiger partial charge in [-0.3, -0.25) is 4.98 Å². The summed E-state index contributed by atoms with van der Waals surface area (Å²) in [5, 5.41) is 0. The summed E-state index contributed by atoms with van der Waals surface area (Å²) >= 11 is 0. The number of aryl methyl sites for hydroxylation is 1. The van der Waals surface area contributed by atoms with Crippen LogP contribution in [0.15, 0.2) is 5.57 Å². The van der Waals surface area contributed by atoms with Crippen LogP contribution in [0.5, 0.6) is 0 Å². The van der Waals surface area contributed by atoms with Crippen molar-refractivity contribution in [3.05, 3.63) is 33.7 Å². The fraction of sp³-hybridized carbons (Fsp3) is 0.708. The maximum absolute atomic E-state index is 5.61. The van der Waals surface area contributed by atoms with Crippen molar-refractivity contribution < 1.29 is 4.74 Å². The minimum Gasteiger partial charge on any atom is -0.381 e. The Balaban J connectivity index is 1.58. The molecule has 2 nitrogen and oxygen atoms in total. The number of ether oxygens (including phenoxy) is 1. The molecule has 1 saturated carbocycles. The van der Waals surface area contributed by atoms with Crippen LogP contribution in [0.3, 0.4) is 0 Å². The molecule has 0 amide bonds. The lowest BCUT2D eigenvalue weighted by Crippen LogP contribution is -2.24. The Morgan fingerprint density at radius 2 is 1.50 bits per heavy atom. The summed E-state index contributed by atoms with van der Waals surface area (Å²) in [6.07, 6.45) is 18.7. The number of rotatable bonds is 2. The molecule has 4 aliphatic rings. The van der Waals surface area contributed by atoms with E-state index in [0.717, 1.165) is 0 Å². The standard InChI is InChI=1S/C24H33NO/c1-26-18-13-10-17(11-14-18)24-21-9-5-4-8-20(21)23-19-7-3-2-6-16(19)12-15-22(23)25-24/h17-18H,2-15H2,1H3. The molecule has 2 heteroatoms. The van der Waals surface area contributed by atoms with E-state index in [1.807, 2.05) is 7.11 Å². The molecule has 5 rings (SSSR count). The van der Waals surface area contributed by atoms with E-state index in [2.05, 4.69) is 0 Å². The van der Waals surface area contributed by atoms with Gasteiger partial charge >= 0.3 is 0 Å². The van der Waals surface area contributed by atoms with E-state index in [9.17, 15) is 0 Å². The van der Waals surface area contributed by atoms with Crippen molar-refractivity contribution in [2.45, 2.75) is 102 Å². The van der Waals surface area contributed by atoms with Crippen molar-refractivity contribution in [3.63, 3.8) is 0 Å². The van der Waals surface area contributed by atoms with Crippen molar-refractivity contribution in [1.29, 1.82) is 0 Å². The molecule has 1 fully saturated rings. The van der Waals surface area contributed by atoms with E-state index >= 15 is 0 Å². The van der Waals surface area contributed by atoms with E-state index in [4.69, 9.17) is 9.72 Å². The van der Waals surface area contributed by atoms with Gasteiger partial charge in [0, 0.05) is 30.0 Å². The monoisotopic (exact) mass is 351 g/mol. The van der Waals surface area contributed by atoms with Gasteiger partial charge in [-0.25, -0.2) is 0 Å². The summed E-state index contributed by atoms with van der Waals surface area (Å²) in [7, 11) is 1.87. The van der Waals surface area contributed by atoms with Gasteiger partial charge in [0.2, 0.25) is 0 Å². The van der Waals surface area contributed by atoms with Crippen molar-refractivity contribution in [3.8, 4) is 0 Å². The Morgan fingerprint density at radius 1 is 0.769 bits per heavy atom. The van der Waals surface area contributed by atoms with Crippen molar-refractivity contribution in [2.24, 2.45) is 0 Å². The quantitative estimate of drug-likeness (QED) is 0.661. The molecule has 1 aromatic heterocycles. The van der Waals surface area contributed by atoms with Crippen LogP contribution < -0.4 is 0 Å². The Kier molecular flexibility index (Phi) is 4.64. The predicted octanol–water partition coefficient (Wildman–Crippen LogP) is 5.91. The molecule has 1 aromatic rings. The van der Waals surface area contributed by atoms with Gasteiger partial charge in [0.25, 0.3) is 0 Å². The SMILES string of the molecule is COC1CCC(c2nc3c(c4c2CCCC4)C2=C(CCCC2)CC3)CC1. The van der Waals surface area contributed by atoms with Crippen molar-refractivity contribution in [1.82, 2.24) is 4.98 Å². The first kappa shape index (κ1) is 17.0. The van der Waals surface area contributed by atoms with Crippen LogP contribution in [-0.2, 0) is 24.0 Å². The second kappa shape index (κ2) is 7.11. The van der Waals surface area contributed by atoms with Gasteiger partial charge in [0.15, 0.2) is 0 Å². The molecular formula is C24H33NO. The molecule has 0 bridgehead atoms. The zero-order valence-electron chi connectivity index (χ0n) is 16.4. The normalized spacial score (nSPS) is 28.3. The van der Waals surface area contributed by atoms with Gasteiger partial charge in [0.05, 0.1) is 6.10 Å². The van der Waals surface area contributed by atoms with Crippen molar-refractivity contribution >= 4 is 5.57 Å². The molecule has 0 saturated heterocycles. The van der Waals surface area contributed by atoms with E-state index in [1.54, 1.807) is 27.8 Å². The lowest BCUT2D eigenvalue weighted by molar-refractivity contribution is 0.0654. The van der Waals surface area contributed by atoms with Gasteiger partial charge in [-0.1, -0.05) is 5.57 Å². The third kappa shape index (κ3) is 2.85. The lowest BCUT2D eigenvalue weighted by atomic mass is 9.73. The second-order valence-electron chi connectivity index (χ2n) is 8.98.